The van der Waals surface area contributed by atoms with Gasteiger partial charge in [0, 0.05) is 22.1 Å². The second kappa shape index (κ2) is 10.4. The number of pyridine rings is 1. The summed E-state index contributed by atoms with van der Waals surface area (Å²) in [5.41, 5.74) is 5.36. The van der Waals surface area contributed by atoms with Crippen LogP contribution in [0.4, 0.5) is 0 Å². The molecule has 9 heteroatoms. The largest absolute Gasteiger partial charge is 0.465 e. The maximum atomic E-state index is 13.1. The minimum Gasteiger partial charge on any atom is -0.465 e. The van der Waals surface area contributed by atoms with Crippen molar-refractivity contribution in [3.8, 4) is 33.6 Å². The van der Waals surface area contributed by atoms with Crippen molar-refractivity contribution in [3.63, 3.8) is 0 Å². The first-order chi connectivity index (χ1) is 19.1. The average molecular weight is 552 g/mol. The highest BCUT2D eigenvalue weighted by atomic mass is 32.1. The van der Waals surface area contributed by atoms with Gasteiger partial charge in [0.05, 0.1) is 35.2 Å². The zero-order chi connectivity index (χ0) is 26.9. The van der Waals surface area contributed by atoms with Crippen molar-refractivity contribution in [2.45, 2.75) is 6.92 Å². The van der Waals surface area contributed by atoms with E-state index >= 15 is 0 Å². The van der Waals surface area contributed by atoms with Gasteiger partial charge in [-0.3, -0.25) is 0 Å². The Morgan fingerprint density at radius 1 is 0.872 bits per heavy atom. The number of nitrogens with zero attached hydrogens (tertiary/aromatic N) is 3. The van der Waals surface area contributed by atoms with Crippen LogP contribution in [0.1, 0.15) is 27.0 Å². The van der Waals surface area contributed by atoms with Gasteiger partial charge in [0.2, 0.25) is 0 Å². The van der Waals surface area contributed by atoms with Crippen molar-refractivity contribution in [2.24, 2.45) is 0 Å². The molecule has 0 aliphatic rings. The molecule has 192 valence electrons. The Balaban J connectivity index is 1.72. The van der Waals surface area contributed by atoms with E-state index in [-0.39, 0.29) is 12.2 Å². The fourth-order valence-electron chi connectivity index (χ4n) is 4.57. The Bertz CT molecular complexity index is 1850. The second-order valence-corrected chi connectivity index (χ2v) is 10.5. The van der Waals surface area contributed by atoms with Crippen LogP contribution in [0, 0.1) is 0 Å². The predicted octanol–water partition coefficient (Wildman–Crippen LogP) is 7.27. The number of hydrogen-bond donors (Lipinski definition) is 0. The Hall–Kier alpha value is -4.47. The van der Waals surface area contributed by atoms with Crippen molar-refractivity contribution >= 4 is 55.0 Å². The van der Waals surface area contributed by atoms with Gasteiger partial charge in [0.1, 0.15) is 15.4 Å². The van der Waals surface area contributed by atoms with Gasteiger partial charge < -0.3 is 9.47 Å². The van der Waals surface area contributed by atoms with Crippen LogP contribution in [-0.4, -0.2) is 40.8 Å². The van der Waals surface area contributed by atoms with E-state index in [1.54, 1.807) is 24.4 Å². The summed E-state index contributed by atoms with van der Waals surface area (Å²) in [6, 6.07) is 23.5. The highest BCUT2D eigenvalue weighted by molar-refractivity contribution is 7.25. The Kier molecular flexibility index (Phi) is 6.60. The highest BCUT2D eigenvalue weighted by Crippen LogP contribution is 2.44. The number of hydrogen-bond acceptors (Lipinski definition) is 9. The van der Waals surface area contributed by atoms with Gasteiger partial charge in [0.25, 0.3) is 0 Å². The molecule has 6 aromatic rings. The summed E-state index contributed by atoms with van der Waals surface area (Å²) in [6.07, 6.45) is 0. The van der Waals surface area contributed by atoms with Crippen LogP contribution in [0.15, 0.2) is 78.2 Å². The normalized spacial score (nSPS) is 11.1. The lowest BCUT2D eigenvalue weighted by molar-refractivity contribution is 0.0525. The van der Waals surface area contributed by atoms with Crippen LogP contribution in [0.25, 0.3) is 54.1 Å². The number of carbonyl (C=O) groups is 2. The molecule has 39 heavy (non-hydrogen) atoms. The Labute approximate surface area is 231 Å². The van der Waals surface area contributed by atoms with Crippen LogP contribution in [0.2, 0.25) is 0 Å². The fraction of sp³-hybridized carbons (Fsp3) is 0.100. The van der Waals surface area contributed by atoms with Crippen LogP contribution in [-0.2, 0) is 9.47 Å². The first kappa shape index (κ1) is 24.8. The van der Waals surface area contributed by atoms with Crippen molar-refractivity contribution in [1.82, 2.24) is 15.2 Å². The van der Waals surface area contributed by atoms with Gasteiger partial charge in [-0.2, -0.15) is 0 Å². The van der Waals surface area contributed by atoms with Gasteiger partial charge in [-0.15, -0.1) is 32.9 Å². The molecule has 0 saturated heterocycles. The molecular weight excluding hydrogens is 530 g/mol. The van der Waals surface area contributed by atoms with E-state index in [0.717, 1.165) is 32.5 Å². The number of benzene rings is 2. The molecule has 0 bridgehead atoms. The number of rotatable bonds is 6. The van der Waals surface area contributed by atoms with E-state index in [0.29, 0.717) is 26.5 Å². The Morgan fingerprint density at radius 2 is 1.59 bits per heavy atom. The van der Waals surface area contributed by atoms with E-state index in [4.69, 9.17) is 14.5 Å². The van der Waals surface area contributed by atoms with Gasteiger partial charge in [-0.05, 0) is 30.0 Å². The standard InChI is InChI=1S/C30H21N3O4S2/c1-3-37-29(34)20-16-21-26(31-25(20)19-14-15-38-27(19)30(35)36-2)23-22(17-10-6-4-7-11-17)24(32-33-28(23)39-21)18-12-8-5-9-13-18/h4-16H,3H2,1-2H3. The number of ether oxygens (including phenoxy) is 2. The SMILES string of the molecule is CCOC(=O)c1cc2sc3nnc(-c4ccccc4)c(-c4ccccc4)c3c2nc1-c1ccsc1C(=O)OC. The van der Waals surface area contributed by atoms with E-state index < -0.39 is 11.9 Å². The lowest BCUT2D eigenvalue weighted by Crippen LogP contribution is -2.09. The summed E-state index contributed by atoms with van der Waals surface area (Å²) < 4.78 is 11.1. The molecule has 0 spiro atoms. The molecule has 0 aliphatic carbocycles. The molecule has 4 heterocycles. The minimum atomic E-state index is -0.513. The molecule has 0 fully saturated rings. The van der Waals surface area contributed by atoms with Crippen LogP contribution in [0.5, 0.6) is 0 Å². The fourth-order valence-corrected chi connectivity index (χ4v) is 6.39. The van der Waals surface area contributed by atoms with Crippen molar-refractivity contribution in [1.29, 1.82) is 0 Å². The van der Waals surface area contributed by atoms with Crippen molar-refractivity contribution in [3.05, 3.63) is 88.6 Å². The lowest BCUT2D eigenvalue weighted by Gasteiger charge is -2.12. The predicted molar refractivity (Wildman–Crippen MR) is 154 cm³/mol. The molecule has 2 aromatic carbocycles. The van der Waals surface area contributed by atoms with Gasteiger partial charge in [-0.25, -0.2) is 14.6 Å². The average Bonchev–Trinajstić information content (AvgIpc) is 3.61. The van der Waals surface area contributed by atoms with E-state index in [9.17, 15) is 9.59 Å². The monoisotopic (exact) mass is 551 g/mol. The number of aromatic nitrogens is 3. The van der Waals surface area contributed by atoms with Crippen LogP contribution in [0.3, 0.4) is 0 Å². The summed E-state index contributed by atoms with van der Waals surface area (Å²) in [7, 11) is 1.33. The molecule has 6 rings (SSSR count). The quantitative estimate of drug-likeness (QED) is 0.201. The molecule has 7 nitrogen and oxygen atoms in total. The summed E-state index contributed by atoms with van der Waals surface area (Å²) in [4.78, 5) is 31.8. The third-order valence-electron chi connectivity index (χ3n) is 6.27. The lowest BCUT2D eigenvalue weighted by atomic mass is 9.96. The molecule has 0 saturated carbocycles. The molecule has 0 unspecified atom stereocenters. The second-order valence-electron chi connectivity index (χ2n) is 8.54. The summed E-state index contributed by atoms with van der Waals surface area (Å²) in [5, 5.41) is 11.8. The zero-order valence-electron chi connectivity index (χ0n) is 21.0. The van der Waals surface area contributed by atoms with Gasteiger partial charge >= 0.3 is 11.9 Å². The molecule has 4 aromatic heterocycles. The molecule has 0 amide bonds. The van der Waals surface area contributed by atoms with E-state index in [2.05, 4.69) is 10.2 Å². The number of esters is 2. The van der Waals surface area contributed by atoms with E-state index in [1.807, 2.05) is 60.7 Å². The van der Waals surface area contributed by atoms with Gasteiger partial charge in [0.15, 0.2) is 0 Å². The molecule has 0 N–H and O–H groups in total. The summed E-state index contributed by atoms with van der Waals surface area (Å²) in [6.45, 7) is 1.96. The molecule has 0 atom stereocenters. The van der Waals surface area contributed by atoms with Gasteiger partial charge in [-0.1, -0.05) is 60.7 Å². The number of carbonyl (C=O) groups excluding carboxylic acids is 2. The number of thiophene rings is 2. The van der Waals surface area contributed by atoms with Crippen molar-refractivity contribution in [2.75, 3.05) is 13.7 Å². The number of methoxy groups -OCH3 is 1. The van der Waals surface area contributed by atoms with Crippen LogP contribution >= 0.6 is 22.7 Å². The van der Waals surface area contributed by atoms with Crippen molar-refractivity contribution < 1.29 is 19.1 Å². The highest BCUT2D eigenvalue weighted by Gasteiger charge is 2.26. The molecular formula is C30H21N3O4S2. The number of fused-ring (bicyclic) bond motifs is 3. The summed E-state index contributed by atoms with van der Waals surface area (Å²) >= 11 is 2.65. The zero-order valence-corrected chi connectivity index (χ0v) is 22.6. The topological polar surface area (TPSA) is 91.3 Å². The maximum absolute atomic E-state index is 13.1. The smallest absolute Gasteiger partial charge is 0.348 e. The third-order valence-corrected chi connectivity index (χ3v) is 8.17. The Morgan fingerprint density at radius 3 is 2.28 bits per heavy atom. The first-order valence-corrected chi connectivity index (χ1v) is 13.9. The maximum Gasteiger partial charge on any atom is 0.348 e. The third kappa shape index (κ3) is 4.35. The molecule has 0 radical (unpaired) electrons. The summed E-state index contributed by atoms with van der Waals surface area (Å²) in [5.74, 6) is -1.00. The molecule has 0 aliphatic heterocycles. The van der Waals surface area contributed by atoms with Crippen LogP contribution < -0.4 is 0 Å². The first-order valence-electron chi connectivity index (χ1n) is 12.2. The minimum absolute atomic E-state index is 0.209. The van der Waals surface area contributed by atoms with E-state index in [1.165, 1.54) is 29.8 Å².